The van der Waals surface area contributed by atoms with Crippen LogP contribution >= 0.6 is 0 Å². The first-order valence-electron chi connectivity index (χ1n) is 4.40. The Bertz CT molecular complexity index is 258. The molecule has 2 rings (SSSR count). The van der Waals surface area contributed by atoms with E-state index >= 15 is 0 Å². The number of aliphatic hydroxyl groups excluding tert-OH is 2. The van der Waals surface area contributed by atoms with Crippen molar-refractivity contribution in [2.75, 3.05) is 13.2 Å². The van der Waals surface area contributed by atoms with Gasteiger partial charge in [-0.25, -0.2) is 0 Å². The molecule has 0 spiro atoms. The summed E-state index contributed by atoms with van der Waals surface area (Å²) in [5.41, 5.74) is 0.599. The SMILES string of the molecule is O=C1OCC[C@@H]2[C@H]1C(CO)=C[C@H]2O. The lowest BCUT2D eigenvalue weighted by atomic mass is 9.86. The molecule has 0 aromatic heterocycles. The van der Waals surface area contributed by atoms with E-state index in [1.165, 1.54) is 0 Å². The summed E-state index contributed by atoms with van der Waals surface area (Å²) in [4.78, 5) is 11.3. The Labute approximate surface area is 75.8 Å². The Hall–Kier alpha value is -0.870. The fourth-order valence-electron chi connectivity index (χ4n) is 2.12. The number of fused-ring (bicyclic) bond motifs is 1. The molecule has 1 aliphatic carbocycles. The van der Waals surface area contributed by atoms with E-state index in [0.717, 1.165) is 0 Å². The van der Waals surface area contributed by atoms with Crippen molar-refractivity contribution in [1.29, 1.82) is 0 Å². The van der Waals surface area contributed by atoms with E-state index in [-0.39, 0.29) is 18.5 Å². The van der Waals surface area contributed by atoms with Gasteiger partial charge in [0.15, 0.2) is 0 Å². The van der Waals surface area contributed by atoms with E-state index in [1.807, 2.05) is 0 Å². The van der Waals surface area contributed by atoms with Crippen LogP contribution in [0.2, 0.25) is 0 Å². The fourth-order valence-corrected chi connectivity index (χ4v) is 2.12. The lowest BCUT2D eigenvalue weighted by Crippen LogP contribution is -2.35. The van der Waals surface area contributed by atoms with Gasteiger partial charge in [-0.2, -0.15) is 0 Å². The van der Waals surface area contributed by atoms with Crippen LogP contribution in [0.1, 0.15) is 6.42 Å². The number of aliphatic hydroxyl groups is 2. The van der Waals surface area contributed by atoms with E-state index in [1.54, 1.807) is 6.08 Å². The van der Waals surface area contributed by atoms with E-state index < -0.39 is 12.0 Å². The van der Waals surface area contributed by atoms with Crippen molar-refractivity contribution in [3.8, 4) is 0 Å². The minimum absolute atomic E-state index is 0.0802. The molecule has 4 heteroatoms. The summed E-state index contributed by atoms with van der Waals surface area (Å²) in [5, 5.41) is 18.5. The number of rotatable bonds is 1. The molecule has 0 amide bonds. The summed E-state index contributed by atoms with van der Waals surface area (Å²) in [7, 11) is 0. The highest BCUT2D eigenvalue weighted by atomic mass is 16.5. The van der Waals surface area contributed by atoms with Crippen molar-refractivity contribution in [2.24, 2.45) is 11.8 Å². The number of carbonyl (C=O) groups is 1. The average Bonchev–Trinajstić information content (AvgIpc) is 2.45. The molecule has 72 valence electrons. The number of cyclic esters (lactones) is 1. The van der Waals surface area contributed by atoms with E-state index in [0.29, 0.717) is 18.6 Å². The minimum atomic E-state index is -0.597. The van der Waals surface area contributed by atoms with E-state index in [4.69, 9.17) is 9.84 Å². The van der Waals surface area contributed by atoms with Crippen molar-refractivity contribution < 1.29 is 19.7 Å². The second kappa shape index (κ2) is 3.12. The molecule has 1 heterocycles. The largest absolute Gasteiger partial charge is 0.465 e. The zero-order chi connectivity index (χ0) is 9.42. The normalized spacial score (nSPS) is 38.2. The Morgan fingerprint density at radius 3 is 3.08 bits per heavy atom. The molecule has 1 fully saturated rings. The van der Waals surface area contributed by atoms with Gasteiger partial charge >= 0.3 is 5.97 Å². The lowest BCUT2D eigenvalue weighted by Gasteiger charge is -2.27. The van der Waals surface area contributed by atoms with Gasteiger partial charge in [0.2, 0.25) is 0 Å². The first kappa shape index (κ1) is 8.72. The van der Waals surface area contributed by atoms with Gasteiger partial charge < -0.3 is 14.9 Å². The third kappa shape index (κ3) is 1.26. The zero-order valence-electron chi connectivity index (χ0n) is 7.14. The first-order chi connectivity index (χ1) is 6.24. The number of ether oxygens (including phenoxy) is 1. The van der Waals surface area contributed by atoms with Gasteiger partial charge in [0.05, 0.1) is 25.2 Å². The van der Waals surface area contributed by atoms with Gasteiger partial charge in [0.1, 0.15) is 0 Å². The van der Waals surface area contributed by atoms with Gasteiger partial charge in [0.25, 0.3) is 0 Å². The van der Waals surface area contributed by atoms with Crippen LogP contribution in [0.5, 0.6) is 0 Å². The highest BCUT2D eigenvalue weighted by Gasteiger charge is 2.43. The quantitative estimate of drug-likeness (QED) is 0.424. The third-order valence-corrected chi connectivity index (χ3v) is 2.78. The molecule has 0 radical (unpaired) electrons. The van der Waals surface area contributed by atoms with Gasteiger partial charge in [-0.3, -0.25) is 4.79 Å². The maximum Gasteiger partial charge on any atom is 0.313 e. The number of hydrogen-bond acceptors (Lipinski definition) is 4. The summed E-state index contributed by atoms with van der Waals surface area (Å²) in [6.45, 7) is 0.205. The molecule has 4 nitrogen and oxygen atoms in total. The Balaban J connectivity index is 2.24. The molecule has 13 heavy (non-hydrogen) atoms. The molecule has 0 saturated carbocycles. The molecule has 3 atom stereocenters. The minimum Gasteiger partial charge on any atom is -0.465 e. The molecule has 2 N–H and O–H groups in total. The van der Waals surface area contributed by atoms with Crippen LogP contribution < -0.4 is 0 Å². The Kier molecular flexibility index (Phi) is 2.09. The standard InChI is InChI=1S/C9H12O4/c10-4-5-3-7(11)6-1-2-13-9(12)8(5)6/h3,6-8,10-11H,1-2,4H2/t6-,7+,8+/m0/s1. The second-order valence-electron chi connectivity index (χ2n) is 3.49. The van der Waals surface area contributed by atoms with Crippen LogP contribution in [0, 0.1) is 11.8 Å². The second-order valence-corrected chi connectivity index (χ2v) is 3.49. The van der Waals surface area contributed by atoms with Crippen molar-refractivity contribution >= 4 is 5.97 Å². The third-order valence-electron chi connectivity index (χ3n) is 2.78. The van der Waals surface area contributed by atoms with Crippen molar-refractivity contribution in [2.45, 2.75) is 12.5 Å². The Morgan fingerprint density at radius 2 is 2.38 bits per heavy atom. The van der Waals surface area contributed by atoms with Crippen molar-refractivity contribution in [3.63, 3.8) is 0 Å². The van der Waals surface area contributed by atoms with Crippen molar-refractivity contribution in [3.05, 3.63) is 11.6 Å². The number of hydrogen-bond donors (Lipinski definition) is 2. The molecule has 0 aromatic rings. The van der Waals surface area contributed by atoms with Crippen LogP contribution in [0.25, 0.3) is 0 Å². The van der Waals surface area contributed by atoms with Crippen LogP contribution in [-0.4, -0.2) is 35.5 Å². The van der Waals surface area contributed by atoms with E-state index in [2.05, 4.69) is 0 Å². The molecule has 0 unspecified atom stereocenters. The summed E-state index contributed by atoms with van der Waals surface area (Å²) in [5.74, 6) is -0.801. The number of carbonyl (C=O) groups excluding carboxylic acids is 1. The predicted octanol–water partition coefficient (Wildman–Crippen LogP) is -0.541. The van der Waals surface area contributed by atoms with Gasteiger partial charge in [-0.05, 0) is 12.0 Å². The van der Waals surface area contributed by atoms with Crippen LogP contribution in [0.3, 0.4) is 0 Å². The van der Waals surface area contributed by atoms with Gasteiger partial charge in [-0.1, -0.05) is 6.08 Å². The van der Waals surface area contributed by atoms with Crippen molar-refractivity contribution in [1.82, 2.24) is 0 Å². The molecule has 1 saturated heterocycles. The highest BCUT2D eigenvalue weighted by molar-refractivity contribution is 5.78. The van der Waals surface area contributed by atoms with Crippen LogP contribution in [-0.2, 0) is 9.53 Å². The Morgan fingerprint density at radius 1 is 1.62 bits per heavy atom. The predicted molar refractivity (Wildman–Crippen MR) is 43.7 cm³/mol. The van der Waals surface area contributed by atoms with E-state index in [9.17, 15) is 9.90 Å². The zero-order valence-corrected chi connectivity index (χ0v) is 7.14. The summed E-state index contributed by atoms with van der Waals surface area (Å²) in [6, 6.07) is 0. The van der Waals surface area contributed by atoms with Gasteiger partial charge in [-0.15, -0.1) is 0 Å². The van der Waals surface area contributed by atoms with Gasteiger partial charge in [0, 0.05) is 5.92 Å². The molecule has 1 aliphatic heterocycles. The smallest absolute Gasteiger partial charge is 0.313 e. The first-order valence-corrected chi connectivity index (χ1v) is 4.40. The summed E-state index contributed by atoms with van der Waals surface area (Å²) >= 11 is 0. The average molecular weight is 184 g/mol. The maximum absolute atomic E-state index is 11.3. The fraction of sp³-hybridized carbons (Fsp3) is 0.667. The van der Waals surface area contributed by atoms with Crippen LogP contribution in [0.4, 0.5) is 0 Å². The molecular weight excluding hydrogens is 172 g/mol. The topological polar surface area (TPSA) is 66.8 Å². The lowest BCUT2D eigenvalue weighted by molar-refractivity contribution is -0.155. The molecular formula is C9H12O4. The number of esters is 1. The molecule has 2 aliphatic rings. The summed E-state index contributed by atoms with van der Waals surface area (Å²) in [6.07, 6.45) is 1.65. The summed E-state index contributed by atoms with van der Waals surface area (Å²) < 4.78 is 4.87. The highest BCUT2D eigenvalue weighted by Crippen LogP contribution is 2.37. The monoisotopic (exact) mass is 184 g/mol. The molecule has 0 bridgehead atoms. The maximum atomic E-state index is 11.3. The van der Waals surface area contributed by atoms with Crippen LogP contribution in [0.15, 0.2) is 11.6 Å². The molecule has 0 aromatic carbocycles.